The average molecular weight is 257 g/mol. The first-order valence-electron chi connectivity index (χ1n) is 6.46. The first-order chi connectivity index (χ1) is 9.24. The van der Waals surface area contributed by atoms with Crippen LogP contribution < -0.4 is 10.5 Å². The van der Waals surface area contributed by atoms with Gasteiger partial charge < -0.3 is 15.6 Å². The molecule has 0 spiro atoms. The first kappa shape index (κ1) is 13.6. The molecule has 0 unspecified atom stereocenters. The van der Waals surface area contributed by atoms with E-state index < -0.39 is 0 Å². The van der Waals surface area contributed by atoms with E-state index in [0.717, 1.165) is 23.3 Å². The number of hydrogen-bond donors (Lipinski definition) is 2. The standard InChI is InChI=1S/C16H19NO2/c1-2-15(17)14-8-3-4-9-16(14)19-13-7-5-6-12(10-13)11-18/h3-10,15,18H,2,11,17H2,1H3/t15-/m1/s1. The van der Waals surface area contributed by atoms with Crippen molar-refractivity contribution in [2.45, 2.75) is 26.0 Å². The van der Waals surface area contributed by atoms with Gasteiger partial charge in [0.2, 0.25) is 0 Å². The molecule has 0 aliphatic carbocycles. The topological polar surface area (TPSA) is 55.5 Å². The van der Waals surface area contributed by atoms with Crippen molar-refractivity contribution in [3.05, 3.63) is 59.7 Å². The van der Waals surface area contributed by atoms with Crippen LogP contribution in [0.3, 0.4) is 0 Å². The summed E-state index contributed by atoms with van der Waals surface area (Å²) in [5, 5.41) is 9.13. The fraction of sp³-hybridized carbons (Fsp3) is 0.250. The number of rotatable bonds is 5. The molecule has 0 radical (unpaired) electrons. The number of hydrogen-bond acceptors (Lipinski definition) is 3. The number of aliphatic hydroxyl groups excluding tert-OH is 1. The molecule has 0 aliphatic rings. The van der Waals surface area contributed by atoms with Gasteiger partial charge in [0.05, 0.1) is 6.61 Å². The Hall–Kier alpha value is -1.84. The van der Waals surface area contributed by atoms with Crippen molar-refractivity contribution in [3.63, 3.8) is 0 Å². The minimum Gasteiger partial charge on any atom is -0.457 e. The Morgan fingerprint density at radius 1 is 1.16 bits per heavy atom. The molecule has 3 nitrogen and oxygen atoms in total. The zero-order valence-electron chi connectivity index (χ0n) is 11.0. The Balaban J connectivity index is 2.27. The molecule has 1 atom stereocenters. The molecule has 0 amide bonds. The molecular formula is C16H19NO2. The second-order valence-corrected chi connectivity index (χ2v) is 4.46. The zero-order valence-corrected chi connectivity index (χ0v) is 11.0. The summed E-state index contributed by atoms with van der Waals surface area (Å²) >= 11 is 0. The highest BCUT2D eigenvalue weighted by Gasteiger charge is 2.10. The van der Waals surface area contributed by atoms with Gasteiger partial charge in [-0.05, 0) is 30.2 Å². The Bertz CT molecular complexity index is 540. The van der Waals surface area contributed by atoms with Crippen LogP contribution in [0.1, 0.15) is 30.5 Å². The molecule has 2 aromatic carbocycles. The van der Waals surface area contributed by atoms with Gasteiger partial charge in [-0.3, -0.25) is 0 Å². The molecule has 0 saturated heterocycles. The lowest BCUT2D eigenvalue weighted by atomic mass is 10.0. The molecule has 0 fully saturated rings. The third kappa shape index (κ3) is 3.34. The highest BCUT2D eigenvalue weighted by Crippen LogP contribution is 2.30. The van der Waals surface area contributed by atoms with Gasteiger partial charge in [-0.2, -0.15) is 0 Å². The van der Waals surface area contributed by atoms with Crippen molar-refractivity contribution in [1.82, 2.24) is 0 Å². The summed E-state index contributed by atoms with van der Waals surface area (Å²) in [5.74, 6) is 1.48. The normalized spacial score (nSPS) is 12.2. The van der Waals surface area contributed by atoms with Crippen molar-refractivity contribution in [1.29, 1.82) is 0 Å². The SMILES string of the molecule is CC[C@@H](N)c1ccccc1Oc1cccc(CO)c1. The van der Waals surface area contributed by atoms with Crippen molar-refractivity contribution in [2.24, 2.45) is 5.73 Å². The molecule has 0 aromatic heterocycles. The Morgan fingerprint density at radius 2 is 1.95 bits per heavy atom. The van der Waals surface area contributed by atoms with E-state index in [1.54, 1.807) is 0 Å². The molecule has 3 heteroatoms. The van der Waals surface area contributed by atoms with Crippen molar-refractivity contribution >= 4 is 0 Å². The maximum atomic E-state index is 9.13. The predicted molar refractivity (Wildman–Crippen MR) is 76.1 cm³/mol. The molecule has 3 N–H and O–H groups in total. The van der Waals surface area contributed by atoms with Crippen molar-refractivity contribution < 1.29 is 9.84 Å². The van der Waals surface area contributed by atoms with Gasteiger partial charge in [0.1, 0.15) is 11.5 Å². The number of ether oxygens (including phenoxy) is 1. The lowest BCUT2D eigenvalue weighted by Crippen LogP contribution is -2.09. The van der Waals surface area contributed by atoms with E-state index in [-0.39, 0.29) is 12.6 Å². The van der Waals surface area contributed by atoms with E-state index in [0.29, 0.717) is 5.75 Å². The lowest BCUT2D eigenvalue weighted by molar-refractivity contribution is 0.281. The summed E-state index contributed by atoms with van der Waals surface area (Å²) < 4.78 is 5.88. The summed E-state index contributed by atoms with van der Waals surface area (Å²) in [5.41, 5.74) is 7.91. The Labute approximate surface area is 113 Å². The van der Waals surface area contributed by atoms with Crippen LogP contribution in [0.4, 0.5) is 0 Å². The fourth-order valence-electron chi connectivity index (χ4n) is 1.93. The third-order valence-corrected chi connectivity index (χ3v) is 3.07. The monoisotopic (exact) mass is 257 g/mol. The van der Waals surface area contributed by atoms with E-state index in [2.05, 4.69) is 0 Å². The van der Waals surface area contributed by atoms with Gasteiger partial charge in [-0.1, -0.05) is 37.3 Å². The van der Waals surface area contributed by atoms with Gasteiger partial charge in [0, 0.05) is 11.6 Å². The second kappa shape index (κ2) is 6.36. The summed E-state index contributed by atoms with van der Waals surface area (Å²) in [6, 6.07) is 15.2. The summed E-state index contributed by atoms with van der Waals surface area (Å²) in [7, 11) is 0. The lowest BCUT2D eigenvalue weighted by Gasteiger charge is -2.15. The van der Waals surface area contributed by atoms with Crippen LogP contribution in [-0.2, 0) is 6.61 Å². The first-order valence-corrected chi connectivity index (χ1v) is 6.46. The molecule has 0 aliphatic heterocycles. The zero-order chi connectivity index (χ0) is 13.7. The molecule has 0 heterocycles. The van der Waals surface area contributed by atoms with Crippen LogP contribution in [0.2, 0.25) is 0 Å². The van der Waals surface area contributed by atoms with E-state index in [9.17, 15) is 0 Å². The van der Waals surface area contributed by atoms with Gasteiger partial charge in [-0.15, -0.1) is 0 Å². The maximum Gasteiger partial charge on any atom is 0.132 e. The number of nitrogens with two attached hydrogens (primary N) is 1. The van der Waals surface area contributed by atoms with Crippen LogP contribution >= 0.6 is 0 Å². The Kier molecular flexibility index (Phi) is 4.55. The predicted octanol–water partition coefficient (Wildman–Crippen LogP) is 3.38. The molecular weight excluding hydrogens is 238 g/mol. The second-order valence-electron chi connectivity index (χ2n) is 4.46. The van der Waals surface area contributed by atoms with Crippen LogP contribution in [-0.4, -0.2) is 5.11 Å². The van der Waals surface area contributed by atoms with E-state index in [1.807, 2.05) is 55.5 Å². The largest absolute Gasteiger partial charge is 0.457 e. The smallest absolute Gasteiger partial charge is 0.132 e. The number of aliphatic hydroxyl groups is 1. The van der Waals surface area contributed by atoms with Crippen LogP contribution in [0, 0.1) is 0 Å². The molecule has 0 saturated carbocycles. The van der Waals surface area contributed by atoms with E-state index in [4.69, 9.17) is 15.6 Å². The molecule has 100 valence electrons. The van der Waals surface area contributed by atoms with Gasteiger partial charge >= 0.3 is 0 Å². The average Bonchev–Trinajstić information content (AvgIpc) is 2.47. The van der Waals surface area contributed by atoms with Crippen LogP contribution in [0.25, 0.3) is 0 Å². The molecule has 0 bridgehead atoms. The molecule has 19 heavy (non-hydrogen) atoms. The van der Waals surface area contributed by atoms with Crippen molar-refractivity contribution in [3.8, 4) is 11.5 Å². The minimum atomic E-state index is -0.0303. The van der Waals surface area contributed by atoms with Crippen LogP contribution in [0.15, 0.2) is 48.5 Å². The summed E-state index contributed by atoms with van der Waals surface area (Å²) in [6.07, 6.45) is 0.858. The minimum absolute atomic E-state index is 0.00726. The van der Waals surface area contributed by atoms with Crippen LogP contribution in [0.5, 0.6) is 11.5 Å². The molecule has 2 aromatic rings. The number of para-hydroxylation sites is 1. The number of benzene rings is 2. The fourth-order valence-corrected chi connectivity index (χ4v) is 1.93. The highest BCUT2D eigenvalue weighted by molar-refractivity contribution is 5.40. The maximum absolute atomic E-state index is 9.13. The van der Waals surface area contributed by atoms with Crippen molar-refractivity contribution in [2.75, 3.05) is 0 Å². The van der Waals surface area contributed by atoms with E-state index >= 15 is 0 Å². The van der Waals surface area contributed by atoms with Gasteiger partial charge in [0.15, 0.2) is 0 Å². The molecule has 2 rings (SSSR count). The third-order valence-electron chi connectivity index (χ3n) is 3.07. The van der Waals surface area contributed by atoms with E-state index in [1.165, 1.54) is 0 Å². The Morgan fingerprint density at radius 3 is 2.68 bits per heavy atom. The summed E-state index contributed by atoms with van der Waals surface area (Å²) in [4.78, 5) is 0. The van der Waals surface area contributed by atoms with Gasteiger partial charge in [0.25, 0.3) is 0 Å². The van der Waals surface area contributed by atoms with Gasteiger partial charge in [-0.25, -0.2) is 0 Å². The quantitative estimate of drug-likeness (QED) is 0.863. The summed E-state index contributed by atoms with van der Waals surface area (Å²) in [6.45, 7) is 2.06. The highest BCUT2D eigenvalue weighted by atomic mass is 16.5.